The number of benzene rings is 2. The average molecular weight is 283 g/mol. The Morgan fingerprint density at radius 2 is 1.45 bits per heavy atom. The Bertz CT molecular complexity index is 933. The van der Waals surface area contributed by atoms with Gasteiger partial charge in [0, 0.05) is 35.7 Å². The summed E-state index contributed by atoms with van der Waals surface area (Å²) >= 11 is 0. The van der Waals surface area contributed by atoms with Crippen molar-refractivity contribution in [2.24, 2.45) is 0 Å². The third-order valence-electron chi connectivity index (χ3n) is 3.70. The molecule has 2 aromatic carbocycles. The van der Waals surface area contributed by atoms with Gasteiger partial charge in [-0.25, -0.2) is 0 Å². The molecule has 3 nitrogen and oxygen atoms in total. The molecule has 22 heavy (non-hydrogen) atoms. The van der Waals surface area contributed by atoms with Gasteiger partial charge in [-0.2, -0.15) is 0 Å². The van der Waals surface area contributed by atoms with Crippen LogP contribution >= 0.6 is 0 Å². The maximum absolute atomic E-state index is 4.36. The second kappa shape index (κ2) is 5.37. The summed E-state index contributed by atoms with van der Waals surface area (Å²) in [6, 6.07) is 16.8. The van der Waals surface area contributed by atoms with Crippen molar-refractivity contribution in [2.45, 2.75) is 0 Å². The average Bonchev–Trinajstić information content (AvgIpc) is 2.62. The van der Waals surface area contributed by atoms with E-state index in [1.54, 1.807) is 18.6 Å². The molecule has 0 aliphatic heterocycles. The third kappa shape index (κ3) is 2.33. The Kier molecular flexibility index (Phi) is 3.09. The number of aromatic nitrogens is 3. The minimum atomic E-state index is 0.881. The van der Waals surface area contributed by atoms with Crippen LogP contribution < -0.4 is 0 Å². The van der Waals surface area contributed by atoms with E-state index in [0.717, 1.165) is 22.2 Å². The minimum absolute atomic E-state index is 0.881. The maximum atomic E-state index is 4.36. The Morgan fingerprint density at radius 3 is 2.36 bits per heavy atom. The number of fused-ring (bicyclic) bond motifs is 1. The SMILES string of the molecule is c1cc(-c2ccc3ccncc3c2)cc(-c2cnccn2)c1. The fourth-order valence-corrected chi connectivity index (χ4v) is 2.57. The van der Waals surface area contributed by atoms with E-state index in [1.165, 1.54) is 10.9 Å². The summed E-state index contributed by atoms with van der Waals surface area (Å²) < 4.78 is 0. The molecular weight excluding hydrogens is 270 g/mol. The Morgan fingerprint density at radius 1 is 0.591 bits per heavy atom. The summed E-state index contributed by atoms with van der Waals surface area (Å²) in [4.78, 5) is 12.7. The normalized spacial score (nSPS) is 10.7. The van der Waals surface area contributed by atoms with Crippen LogP contribution in [0, 0.1) is 0 Å². The number of pyridine rings is 1. The second-order valence-corrected chi connectivity index (χ2v) is 5.11. The van der Waals surface area contributed by atoms with Crippen molar-refractivity contribution in [3.63, 3.8) is 0 Å². The molecule has 0 radical (unpaired) electrons. The molecule has 0 amide bonds. The van der Waals surface area contributed by atoms with Gasteiger partial charge in [-0.1, -0.05) is 30.3 Å². The van der Waals surface area contributed by atoms with Crippen molar-refractivity contribution in [1.82, 2.24) is 15.0 Å². The number of hydrogen-bond donors (Lipinski definition) is 0. The maximum Gasteiger partial charge on any atom is 0.0885 e. The molecule has 3 heteroatoms. The molecule has 0 saturated heterocycles. The summed E-state index contributed by atoms with van der Waals surface area (Å²) in [5.74, 6) is 0. The van der Waals surface area contributed by atoms with Crippen LogP contribution in [0.2, 0.25) is 0 Å². The van der Waals surface area contributed by atoms with Crippen LogP contribution in [0.3, 0.4) is 0 Å². The lowest BCUT2D eigenvalue weighted by Gasteiger charge is -2.06. The quantitative estimate of drug-likeness (QED) is 0.548. The Hall–Kier alpha value is -3.07. The molecule has 0 saturated carbocycles. The van der Waals surface area contributed by atoms with Gasteiger partial charge in [0.05, 0.1) is 11.9 Å². The summed E-state index contributed by atoms with van der Waals surface area (Å²) in [7, 11) is 0. The molecular formula is C19H13N3. The van der Waals surface area contributed by atoms with Gasteiger partial charge >= 0.3 is 0 Å². The van der Waals surface area contributed by atoms with E-state index in [9.17, 15) is 0 Å². The van der Waals surface area contributed by atoms with Gasteiger partial charge in [0.25, 0.3) is 0 Å². The van der Waals surface area contributed by atoms with Gasteiger partial charge < -0.3 is 0 Å². The zero-order valence-electron chi connectivity index (χ0n) is 11.8. The molecule has 0 bridgehead atoms. The summed E-state index contributed by atoms with van der Waals surface area (Å²) in [5.41, 5.74) is 4.28. The van der Waals surface area contributed by atoms with E-state index in [4.69, 9.17) is 0 Å². The minimum Gasteiger partial charge on any atom is -0.264 e. The lowest BCUT2D eigenvalue weighted by Crippen LogP contribution is -1.86. The number of hydrogen-bond acceptors (Lipinski definition) is 3. The predicted molar refractivity (Wildman–Crippen MR) is 88.2 cm³/mol. The zero-order valence-corrected chi connectivity index (χ0v) is 11.8. The molecule has 4 aromatic rings. The molecule has 0 atom stereocenters. The van der Waals surface area contributed by atoms with Gasteiger partial charge in [0.2, 0.25) is 0 Å². The van der Waals surface area contributed by atoms with Gasteiger partial charge in [-0.15, -0.1) is 0 Å². The molecule has 0 N–H and O–H groups in total. The van der Waals surface area contributed by atoms with Crippen LogP contribution in [-0.4, -0.2) is 15.0 Å². The first kappa shape index (κ1) is 12.7. The van der Waals surface area contributed by atoms with Gasteiger partial charge in [-0.05, 0) is 34.7 Å². The lowest BCUT2D eigenvalue weighted by atomic mass is 10.00. The molecule has 0 aliphatic carbocycles. The molecule has 104 valence electrons. The van der Waals surface area contributed by atoms with Crippen LogP contribution in [0.1, 0.15) is 0 Å². The van der Waals surface area contributed by atoms with Crippen molar-refractivity contribution in [3.05, 3.63) is 79.5 Å². The highest BCUT2D eigenvalue weighted by Crippen LogP contribution is 2.27. The van der Waals surface area contributed by atoms with Crippen molar-refractivity contribution >= 4 is 10.8 Å². The monoisotopic (exact) mass is 283 g/mol. The van der Waals surface area contributed by atoms with E-state index >= 15 is 0 Å². The highest BCUT2D eigenvalue weighted by atomic mass is 14.8. The molecule has 4 rings (SSSR count). The molecule has 0 spiro atoms. The molecule has 2 heterocycles. The smallest absolute Gasteiger partial charge is 0.0885 e. The largest absolute Gasteiger partial charge is 0.264 e. The van der Waals surface area contributed by atoms with E-state index < -0.39 is 0 Å². The first-order valence-electron chi connectivity index (χ1n) is 7.11. The highest BCUT2D eigenvalue weighted by molar-refractivity contribution is 5.87. The molecule has 0 unspecified atom stereocenters. The van der Waals surface area contributed by atoms with Crippen LogP contribution in [-0.2, 0) is 0 Å². The van der Waals surface area contributed by atoms with Crippen LogP contribution in [0.25, 0.3) is 33.2 Å². The number of nitrogens with zero attached hydrogens (tertiary/aromatic N) is 3. The Balaban J connectivity index is 1.81. The summed E-state index contributed by atoms with van der Waals surface area (Å²) in [6.45, 7) is 0. The summed E-state index contributed by atoms with van der Waals surface area (Å²) in [5, 5.41) is 2.34. The fourth-order valence-electron chi connectivity index (χ4n) is 2.57. The predicted octanol–water partition coefficient (Wildman–Crippen LogP) is 4.36. The first-order chi connectivity index (χ1) is 10.9. The summed E-state index contributed by atoms with van der Waals surface area (Å²) in [6.07, 6.45) is 8.89. The fraction of sp³-hybridized carbons (Fsp3) is 0. The highest BCUT2D eigenvalue weighted by Gasteiger charge is 2.03. The topological polar surface area (TPSA) is 38.7 Å². The van der Waals surface area contributed by atoms with Gasteiger partial charge in [-0.3, -0.25) is 15.0 Å². The number of rotatable bonds is 2. The molecule has 0 aliphatic rings. The van der Waals surface area contributed by atoms with Crippen molar-refractivity contribution in [1.29, 1.82) is 0 Å². The standard InChI is InChI=1S/C19H13N3/c1-2-15(10-17(3-1)19-13-21-8-9-22-19)16-5-4-14-6-7-20-12-18(14)11-16/h1-13H. The zero-order chi connectivity index (χ0) is 14.8. The van der Waals surface area contributed by atoms with Crippen molar-refractivity contribution in [3.8, 4) is 22.4 Å². The third-order valence-corrected chi connectivity index (χ3v) is 3.70. The molecule has 2 aromatic heterocycles. The van der Waals surface area contributed by atoms with E-state index in [0.29, 0.717) is 0 Å². The lowest BCUT2D eigenvalue weighted by molar-refractivity contribution is 1.21. The van der Waals surface area contributed by atoms with Crippen LogP contribution in [0.5, 0.6) is 0 Å². The van der Waals surface area contributed by atoms with Gasteiger partial charge in [0.15, 0.2) is 0 Å². The van der Waals surface area contributed by atoms with Crippen LogP contribution in [0.15, 0.2) is 79.5 Å². The Labute approximate surface area is 128 Å². The van der Waals surface area contributed by atoms with Crippen molar-refractivity contribution in [2.75, 3.05) is 0 Å². The first-order valence-corrected chi connectivity index (χ1v) is 7.11. The van der Waals surface area contributed by atoms with E-state index in [1.807, 2.05) is 24.5 Å². The second-order valence-electron chi connectivity index (χ2n) is 5.11. The van der Waals surface area contributed by atoms with Crippen molar-refractivity contribution < 1.29 is 0 Å². The van der Waals surface area contributed by atoms with Crippen LogP contribution in [0.4, 0.5) is 0 Å². The molecule has 0 fully saturated rings. The van der Waals surface area contributed by atoms with Gasteiger partial charge in [0.1, 0.15) is 0 Å². The van der Waals surface area contributed by atoms with E-state index in [-0.39, 0.29) is 0 Å². The van der Waals surface area contributed by atoms with E-state index in [2.05, 4.69) is 51.4 Å².